The van der Waals surface area contributed by atoms with Crippen molar-refractivity contribution in [1.82, 2.24) is 16.0 Å². The Balaban J connectivity index is 5.21. The molecule has 0 aromatic rings. The summed E-state index contributed by atoms with van der Waals surface area (Å²) >= 11 is 0. The first kappa shape index (κ1) is 39.7. The number of rotatable bonds is 20. The minimum Gasteiger partial charge on any atom is -0.481 e. The summed E-state index contributed by atoms with van der Waals surface area (Å²) in [5.41, 5.74) is -3.56. The van der Waals surface area contributed by atoms with Crippen LogP contribution < -0.4 is 16.0 Å². The van der Waals surface area contributed by atoms with Crippen LogP contribution in [0.15, 0.2) is 0 Å². The highest BCUT2D eigenvalue weighted by Crippen LogP contribution is 2.25. The predicted octanol–water partition coefficient (Wildman–Crippen LogP) is -2.17. The minimum absolute atomic E-state index is 0.194. The van der Waals surface area contributed by atoms with Crippen molar-refractivity contribution in [3.63, 3.8) is 0 Å². The lowest BCUT2D eigenvalue weighted by molar-refractivity contribution is -0.169. The van der Waals surface area contributed by atoms with Crippen LogP contribution in [0.5, 0.6) is 0 Å². The van der Waals surface area contributed by atoms with Gasteiger partial charge in [0.2, 0.25) is 11.8 Å². The molecule has 43 heavy (non-hydrogen) atoms. The number of esters is 2. The lowest BCUT2D eigenvalue weighted by Crippen LogP contribution is -2.49. The number of aliphatic hydroxyl groups is 4. The summed E-state index contributed by atoms with van der Waals surface area (Å²) in [4.78, 5) is 72.7. The van der Waals surface area contributed by atoms with Gasteiger partial charge in [0.1, 0.15) is 18.8 Å². The standard InChI is InChI=1S/C27H47N3O13/c1-25(2,13-31)19(37)22(39)28-11-8-17(35)42-15-27(5,6)21(24(41)30-10-7-16(33)34)43-18(36)9-12-29-23(40)20(38)26(3,4)14-32/h19-21,31-32,37-38H,7-15H2,1-6H3,(H,28,39)(H,29,40)(H,30,41)(H,33,34)/t19-,20-,21-/m0/s1. The van der Waals surface area contributed by atoms with Gasteiger partial charge < -0.3 is 51.0 Å². The number of carbonyl (C=O) groups is 6. The fourth-order valence-corrected chi connectivity index (χ4v) is 3.21. The van der Waals surface area contributed by atoms with Crippen LogP contribution in [0.3, 0.4) is 0 Å². The number of hydrogen-bond acceptors (Lipinski definition) is 12. The molecule has 3 amide bonds. The summed E-state index contributed by atoms with van der Waals surface area (Å²) in [6, 6.07) is 0. The van der Waals surface area contributed by atoms with Crippen molar-refractivity contribution in [3.8, 4) is 0 Å². The van der Waals surface area contributed by atoms with Crippen LogP contribution in [0.4, 0.5) is 0 Å². The molecule has 16 heteroatoms. The summed E-state index contributed by atoms with van der Waals surface area (Å²) in [6.45, 7) is 6.73. The molecule has 0 aliphatic rings. The van der Waals surface area contributed by atoms with Crippen LogP contribution in [0.25, 0.3) is 0 Å². The Bertz CT molecular complexity index is 981. The summed E-state index contributed by atoms with van der Waals surface area (Å²) < 4.78 is 10.5. The Morgan fingerprint density at radius 1 is 0.628 bits per heavy atom. The minimum atomic E-state index is -1.55. The largest absolute Gasteiger partial charge is 0.481 e. The van der Waals surface area contributed by atoms with E-state index in [1.54, 1.807) is 0 Å². The number of aliphatic hydroxyl groups excluding tert-OH is 4. The van der Waals surface area contributed by atoms with Gasteiger partial charge in [0.05, 0.1) is 32.5 Å². The molecule has 0 saturated heterocycles. The Hall–Kier alpha value is -3.34. The maximum absolute atomic E-state index is 12.8. The molecule has 0 rings (SSSR count). The maximum atomic E-state index is 12.8. The second-order valence-electron chi connectivity index (χ2n) is 12.1. The number of aliphatic carboxylic acids is 1. The van der Waals surface area contributed by atoms with Gasteiger partial charge in [-0.2, -0.15) is 0 Å². The van der Waals surface area contributed by atoms with Gasteiger partial charge in [-0.05, 0) is 0 Å². The molecule has 0 heterocycles. The van der Waals surface area contributed by atoms with Gasteiger partial charge in [-0.15, -0.1) is 0 Å². The van der Waals surface area contributed by atoms with E-state index in [0.717, 1.165) is 0 Å². The Labute approximate surface area is 250 Å². The SMILES string of the molecule is CC(C)(CO)[C@@H](O)C(=O)NCCC(=O)OCC(C)(C)[C@@H](OC(=O)CCNC(=O)[C@H](O)C(C)(C)CO)C(=O)NCCC(=O)O. The second-order valence-corrected chi connectivity index (χ2v) is 12.1. The molecule has 0 fully saturated rings. The Kier molecular flexibility index (Phi) is 16.3. The number of carbonyl (C=O) groups excluding carboxylic acids is 5. The second kappa shape index (κ2) is 17.7. The van der Waals surface area contributed by atoms with Crippen molar-refractivity contribution in [2.24, 2.45) is 16.2 Å². The van der Waals surface area contributed by atoms with Gasteiger partial charge in [-0.3, -0.25) is 28.8 Å². The highest BCUT2D eigenvalue weighted by molar-refractivity contribution is 5.85. The molecule has 0 spiro atoms. The van der Waals surface area contributed by atoms with Crippen LogP contribution in [0.1, 0.15) is 60.8 Å². The van der Waals surface area contributed by atoms with Gasteiger partial charge in [-0.1, -0.05) is 41.5 Å². The molecule has 0 aromatic carbocycles. The summed E-state index contributed by atoms with van der Waals surface area (Å²) in [5, 5.41) is 54.5. The number of carboxylic acid groups (broad SMARTS) is 1. The molecule has 8 N–H and O–H groups in total. The first-order valence-electron chi connectivity index (χ1n) is 13.7. The van der Waals surface area contributed by atoms with E-state index in [2.05, 4.69) is 16.0 Å². The molecule has 0 radical (unpaired) electrons. The zero-order valence-corrected chi connectivity index (χ0v) is 25.6. The summed E-state index contributed by atoms with van der Waals surface area (Å²) in [6.07, 6.45) is -5.75. The van der Waals surface area contributed by atoms with Crippen LogP contribution in [-0.4, -0.2) is 119 Å². The number of hydrogen-bond donors (Lipinski definition) is 8. The molecule has 3 atom stereocenters. The third kappa shape index (κ3) is 14.1. The van der Waals surface area contributed by atoms with Crippen LogP contribution in [0.2, 0.25) is 0 Å². The van der Waals surface area contributed by atoms with Gasteiger partial charge in [0.15, 0.2) is 6.10 Å². The molecule has 0 aliphatic heterocycles. The van der Waals surface area contributed by atoms with Gasteiger partial charge >= 0.3 is 17.9 Å². The van der Waals surface area contributed by atoms with E-state index in [0.29, 0.717) is 0 Å². The number of amides is 3. The lowest BCUT2D eigenvalue weighted by Gasteiger charge is -2.32. The zero-order chi connectivity index (χ0) is 33.6. The first-order valence-corrected chi connectivity index (χ1v) is 13.7. The van der Waals surface area contributed by atoms with E-state index < -0.39 is 103 Å². The van der Waals surface area contributed by atoms with E-state index in [9.17, 15) is 49.2 Å². The molecular weight excluding hydrogens is 574 g/mol. The third-order valence-electron chi connectivity index (χ3n) is 6.49. The highest BCUT2D eigenvalue weighted by atomic mass is 16.6. The van der Waals surface area contributed by atoms with Crippen LogP contribution in [-0.2, 0) is 38.2 Å². The monoisotopic (exact) mass is 621 g/mol. The summed E-state index contributed by atoms with van der Waals surface area (Å²) in [7, 11) is 0. The summed E-state index contributed by atoms with van der Waals surface area (Å²) in [5.74, 6) is -5.37. The van der Waals surface area contributed by atoms with E-state index in [4.69, 9.17) is 14.6 Å². The molecule has 0 aliphatic carbocycles. The normalized spacial score (nSPS) is 14.1. The van der Waals surface area contributed by atoms with Crippen LogP contribution in [0, 0.1) is 16.2 Å². The smallest absolute Gasteiger partial charge is 0.308 e. The third-order valence-corrected chi connectivity index (χ3v) is 6.49. The van der Waals surface area contributed by atoms with Crippen molar-refractivity contribution in [3.05, 3.63) is 0 Å². The number of nitrogens with one attached hydrogen (secondary N) is 3. The van der Waals surface area contributed by atoms with Gasteiger partial charge in [0.25, 0.3) is 5.91 Å². The highest BCUT2D eigenvalue weighted by Gasteiger charge is 2.40. The van der Waals surface area contributed by atoms with Crippen molar-refractivity contribution in [1.29, 1.82) is 0 Å². The molecule has 0 saturated carbocycles. The average Bonchev–Trinajstić information content (AvgIpc) is 2.93. The molecule has 0 aromatic heterocycles. The Morgan fingerprint density at radius 3 is 1.44 bits per heavy atom. The van der Waals surface area contributed by atoms with Gasteiger partial charge in [-0.25, -0.2) is 0 Å². The number of carboxylic acids is 1. The number of ether oxygens (including phenoxy) is 2. The van der Waals surface area contributed by atoms with E-state index >= 15 is 0 Å². The molecule has 16 nitrogen and oxygen atoms in total. The fourth-order valence-electron chi connectivity index (χ4n) is 3.21. The van der Waals surface area contributed by atoms with E-state index in [1.807, 2.05) is 0 Å². The van der Waals surface area contributed by atoms with Crippen LogP contribution >= 0.6 is 0 Å². The lowest BCUT2D eigenvalue weighted by atomic mass is 9.86. The average molecular weight is 622 g/mol. The quantitative estimate of drug-likeness (QED) is 0.0674. The molecule has 0 bridgehead atoms. The van der Waals surface area contributed by atoms with Crippen molar-refractivity contribution in [2.45, 2.75) is 79.1 Å². The molecular formula is C27H47N3O13. The first-order chi connectivity index (χ1) is 19.7. The zero-order valence-electron chi connectivity index (χ0n) is 25.6. The van der Waals surface area contributed by atoms with E-state index in [-0.39, 0.29) is 26.1 Å². The topological polar surface area (TPSA) is 258 Å². The van der Waals surface area contributed by atoms with Crippen molar-refractivity contribution >= 4 is 35.6 Å². The maximum Gasteiger partial charge on any atom is 0.308 e. The van der Waals surface area contributed by atoms with Crippen molar-refractivity contribution in [2.75, 3.05) is 39.5 Å². The fraction of sp³-hybridized carbons (Fsp3) is 0.778. The predicted molar refractivity (Wildman–Crippen MR) is 149 cm³/mol. The van der Waals surface area contributed by atoms with Gasteiger partial charge in [0, 0.05) is 35.9 Å². The molecule has 248 valence electrons. The van der Waals surface area contributed by atoms with Crippen molar-refractivity contribution < 1.29 is 63.8 Å². The molecule has 0 unspecified atom stereocenters. The Morgan fingerprint density at radius 2 is 1.02 bits per heavy atom. The van der Waals surface area contributed by atoms with E-state index in [1.165, 1.54) is 41.5 Å².